The predicted molar refractivity (Wildman–Crippen MR) is 74.8 cm³/mol. The number of amides is 1. The average molecular weight is 278 g/mol. The number of hydrogen-bond acceptors (Lipinski definition) is 5. The number of nitrogens with one attached hydrogen (secondary N) is 1. The number of morpholine rings is 1. The first-order valence-corrected chi connectivity index (χ1v) is 7.24. The molecule has 0 spiro atoms. The van der Waals surface area contributed by atoms with Crippen LogP contribution in [-0.2, 0) is 9.53 Å². The fourth-order valence-electron chi connectivity index (χ4n) is 2.44. The van der Waals surface area contributed by atoms with E-state index in [1.165, 1.54) is 0 Å². The van der Waals surface area contributed by atoms with Crippen LogP contribution in [0.3, 0.4) is 0 Å². The van der Waals surface area contributed by atoms with Crippen LogP contribution in [-0.4, -0.2) is 68.2 Å². The molecule has 0 radical (unpaired) electrons. The third kappa shape index (κ3) is 4.51. The summed E-state index contributed by atoms with van der Waals surface area (Å²) >= 11 is 0. The monoisotopic (exact) mass is 278 g/mol. The third-order valence-corrected chi connectivity index (χ3v) is 3.63. The summed E-state index contributed by atoms with van der Waals surface area (Å²) in [5.74, 6) is -0.271. The molecule has 0 atom stereocenters. The summed E-state index contributed by atoms with van der Waals surface area (Å²) in [6.07, 6.45) is 3.96. The van der Waals surface area contributed by atoms with E-state index in [0.29, 0.717) is 6.54 Å². The van der Waals surface area contributed by atoms with Crippen molar-refractivity contribution in [3.05, 3.63) is 11.8 Å². The number of ether oxygens (including phenoxy) is 1. The van der Waals surface area contributed by atoms with Crippen molar-refractivity contribution in [3.63, 3.8) is 0 Å². The first kappa shape index (κ1) is 14.8. The second-order valence-corrected chi connectivity index (χ2v) is 5.11. The van der Waals surface area contributed by atoms with Crippen molar-refractivity contribution in [2.45, 2.75) is 12.8 Å². The van der Waals surface area contributed by atoms with Gasteiger partial charge in [0.1, 0.15) is 11.6 Å². The van der Waals surface area contributed by atoms with Gasteiger partial charge in [-0.2, -0.15) is 5.26 Å². The van der Waals surface area contributed by atoms with E-state index in [9.17, 15) is 4.79 Å². The zero-order valence-electron chi connectivity index (χ0n) is 11.8. The Kier molecular flexibility index (Phi) is 5.84. The maximum Gasteiger partial charge on any atom is 0.263 e. The topological polar surface area (TPSA) is 68.6 Å². The molecule has 2 fully saturated rings. The summed E-state index contributed by atoms with van der Waals surface area (Å²) in [5, 5.41) is 11.9. The summed E-state index contributed by atoms with van der Waals surface area (Å²) in [6.45, 7) is 6.57. The molecule has 1 N–H and O–H groups in total. The quantitative estimate of drug-likeness (QED) is 0.563. The van der Waals surface area contributed by atoms with Gasteiger partial charge in [-0.25, -0.2) is 0 Å². The predicted octanol–water partition coefficient (Wildman–Crippen LogP) is -0.0619. The highest BCUT2D eigenvalue weighted by Gasteiger charge is 2.14. The molecule has 0 aromatic rings. The van der Waals surface area contributed by atoms with Crippen molar-refractivity contribution in [2.75, 3.05) is 52.5 Å². The standard InChI is InChI=1S/C14H22N4O2/c15-11-13(12-18-4-1-2-5-18)14(19)16-3-6-17-7-9-20-10-8-17/h12H,1-10H2,(H,16,19)/b13-12-. The highest BCUT2D eigenvalue weighted by Crippen LogP contribution is 2.09. The molecule has 0 aliphatic carbocycles. The molecule has 0 aromatic carbocycles. The van der Waals surface area contributed by atoms with Crippen LogP contribution in [0, 0.1) is 11.3 Å². The van der Waals surface area contributed by atoms with Crippen LogP contribution in [0.15, 0.2) is 11.8 Å². The minimum Gasteiger partial charge on any atom is -0.379 e. The van der Waals surface area contributed by atoms with Gasteiger partial charge in [0, 0.05) is 45.5 Å². The van der Waals surface area contributed by atoms with Crippen LogP contribution in [0.25, 0.3) is 0 Å². The first-order valence-electron chi connectivity index (χ1n) is 7.24. The van der Waals surface area contributed by atoms with Crippen LogP contribution < -0.4 is 5.32 Å². The molecular weight excluding hydrogens is 256 g/mol. The zero-order valence-corrected chi connectivity index (χ0v) is 11.8. The van der Waals surface area contributed by atoms with Crippen molar-refractivity contribution < 1.29 is 9.53 Å². The lowest BCUT2D eigenvalue weighted by atomic mass is 10.3. The SMILES string of the molecule is N#C/C(=C/N1CCCC1)C(=O)NCCN1CCOCC1. The number of rotatable bonds is 5. The number of nitrogens with zero attached hydrogens (tertiary/aromatic N) is 3. The van der Waals surface area contributed by atoms with Gasteiger partial charge in [-0.15, -0.1) is 0 Å². The van der Waals surface area contributed by atoms with E-state index >= 15 is 0 Å². The zero-order chi connectivity index (χ0) is 14.2. The Hall–Kier alpha value is -1.58. The van der Waals surface area contributed by atoms with E-state index < -0.39 is 0 Å². The minimum atomic E-state index is -0.271. The van der Waals surface area contributed by atoms with E-state index in [-0.39, 0.29) is 11.5 Å². The molecule has 0 saturated carbocycles. The Bertz CT molecular complexity index is 390. The van der Waals surface area contributed by atoms with Gasteiger partial charge in [0.15, 0.2) is 0 Å². The highest BCUT2D eigenvalue weighted by atomic mass is 16.5. The molecule has 6 nitrogen and oxygen atoms in total. The number of likely N-dealkylation sites (tertiary alicyclic amines) is 1. The summed E-state index contributed by atoms with van der Waals surface area (Å²) in [6, 6.07) is 1.99. The molecule has 2 rings (SSSR count). The van der Waals surface area contributed by atoms with Crippen molar-refractivity contribution >= 4 is 5.91 Å². The van der Waals surface area contributed by atoms with Gasteiger partial charge < -0.3 is 15.0 Å². The Morgan fingerprint density at radius 1 is 1.25 bits per heavy atom. The lowest BCUT2D eigenvalue weighted by molar-refractivity contribution is -0.117. The van der Waals surface area contributed by atoms with Crippen LogP contribution in [0.4, 0.5) is 0 Å². The van der Waals surface area contributed by atoms with Crippen LogP contribution >= 0.6 is 0 Å². The third-order valence-electron chi connectivity index (χ3n) is 3.63. The van der Waals surface area contributed by atoms with Gasteiger partial charge in [0.2, 0.25) is 0 Å². The second kappa shape index (κ2) is 7.88. The summed E-state index contributed by atoms with van der Waals surface area (Å²) in [7, 11) is 0. The average Bonchev–Trinajstić information content (AvgIpc) is 2.98. The maximum atomic E-state index is 11.9. The van der Waals surface area contributed by atoms with Crippen molar-refractivity contribution in [1.29, 1.82) is 5.26 Å². The molecule has 0 unspecified atom stereocenters. The Morgan fingerprint density at radius 3 is 2.60 bits per heavy atom. The molecular formula is C14H22N4O2. The van der Waals surface area contributed by atoms with Gasteiger partial charge in [0.25, 0.3) is 5.91 Å². The first-order chi connectivity index (χ1) is 9.79. The smallest absolute Gasteiger partial charge is 0.263 e. The summed E-state index contributed by atoms with van der Waals surface area (Å²) in [4.78, 5) is 16.2. The molecule has 1 amide bonds. The van der Waals surface area contributed by atoms with E-state index in [1.807, 2.05) is 11.0 Å². The number of nitriles is 1. The van der Waals surface area contributed by atoms with Gasteiger partial charge in [-0.3, -0.25) is 9.69 Å². The molecule has 2 heterocycles. The van der Waals surface area contributed by atoms with Gasteiger partial charge in [-0.1, -0.05) is 0 Å². The lowest BCUT2D eigenvalue weighted by Crippen LogP contribution is -2.41. The molecule has 2 saturated heterocycles. The molecule has 6 heteroatoms. The summed E-state index contributed by atoms with van der Waals surface area (Å²) in [5.41, 5.74) is 0.203. The van der Waals surface area contributed by atoms with Gasteiger partial charge in [-0.05, 0) is 12.8 Å². The molecule has 2 aliphatic rings. The molecule has 110 valence electrons. The van der Waals surface area contributed by atoms with Gasteiger partial charge >= 0.3 is 0 Å². The van der Waals surface area contributed by atoms with Crippen LogP contribution in [0.5, 0.6) is 0 Å². The van der Waals surface area contributed by atoms with Gasteiger partial charge in [0.05, 0.1) is 13.2 Å². The van der Waals surface area contributed by atoms with Crippen LogP contribution in [0.1, 0.15) is 12.8 Å². The highest BCUT2D eigenvalue weighted by molar-refractivity contribution is 5.97. The molecule has 20 heavy (non-hydrogen) atoms. The Balaban J connectivity index is 1.73. The second-order valence-electron chi connectivity index (χ2n) is 5.11. The number of carbonyl (C=O) groups excluding carboxylic acids is 1. The largest absolute Gasteiger partial charge is 0.379 e. The molecule has 2 aliphatic heterocycles. The fraction of sp³-hybridized carbons (Fsp3) is 0.714. The maximum absolute atomic E-state index is 11.9. The number of carbonyl (C=O) groups is 1. The van der Waals surface area contributed by atoms with E-state index in [1.54, 1.807) is 6.20 Å². The van der Waals surface area contributed by atoms with Crippen molar-refractivity contribution in [1.82, 2.24) is 15.1 Å². The fourth-order valence-corrected chi connectivity index (χ4v) is 2.44. The Labute approximate surface area is 120 Å². The molecule has 0 bridgehead atoms. The summed E-state index contributed by atoms with van der Waals surface area (Å²) < 4.78 is 5.27. The number of hydrogen-bond donors (Lipinski definition) is 1. The normalized spacial score (nSPS) is 20.8. The Morgan fingerprint density at radius 2 is 1.95 bits per heavy atom. The molecule has 0 aromatic heterocycles. The van der Waals surface area contributed by atoms with Crippen LogP contribution in [0.2, 0.25) is 0 Å². The lowest BCUT2D eigenvalue weighted by Gasteiger charge is -2.26. The minimum absolute atomic E-state index is 0.203. The van der Waals surface area contributed by atoms with E-state index in [0.717, 1.165) is 58.8 Å². The van der Waals surface area contributed by atoms with Crippen molar-refractivity contribution in [3.8, 4) is 6.07 Å². The van der Waals surface area contributed by atoms with E-state index in [2.05, 4.69) is 10.2 Å². The van der Waals surface area contributed by atoms with E-state index in [4.69, 9.17) is 10.00 Å². The van der Waals surface area contributed by atoms with Crippen molar-refractivity contribution in [2.24, 2.45) is 0 Å².